The molecular formula is C17H23IN4O2S. The Labute approximate surface area is 166 Å². The van der Waals surface area contributed by atoms with E-state index >= 15 is 0 Å². The van der Waals surface area contributed by atoms with Crippen molar-refractivity contribution in [3.63, 3.8) is 0 Å². The molecule has 1 aromatic heterocycles. The number of hydrogen-bond acceptors (Lipinski definition) is 4. The lowest BCUT2D eigenvalue weighted by Crippen LogP contribution is -2.39. The van der Waals surface area contributed by atoms with E-state index in [9.17, 15) is 8.42 Å². The molecule has 0 amide bonds. The number of halogens is 1. The highest BCUT2D eigenvalue weighted by Crippen LogP contribution is 2.09. The Morgan fingerprint density at radius 3 is 2.44 bits per heavy atom. The second kappa shape index (κ2) is 11.0. The molecule has 0 spiro atoms. The zero-order valence-electron chi connectivity index (χ0n) is 14.1. The number of nitrogens with one attached hydrogen (secondary N) is 2. The molecule has 2 rings (SSSR count). The van der Waals surface area contributed by atoms with Crippen LogP contribution in [0.5, 0.6) is 0 Å². The van der Waals surface area contributed by atoms with Crippen LogP contribution >= 0.6 is 24.0 Å². The quantitative estimate of drug-likeness (QED) is 0.366. The summed E-state index contributed by atoms with van der Waals surface area (Å²) in [6, 6.07) is 14.1. The lowest BCUT2D eigenvalue weighted by Gasteiger charge is -2.11. The maximum atomic E-state index is 12.2. The third kappa shape index (κ3) is 7.39. The van der Waals surface area contributed by atoms with Crippen LogP contribution in [0.25, 0.3) is 0 Å². The number of aromatic nitrogens is 1. The van der Waals surface area contributed by atoms with E-state index < -0.39 is 9.84 Å². The number of benzene rings is 1. The van der Waals surface area contributed by atoms with Gasteiger partial charge in [-0.15, -0.1) is 24.0 Å². The number of aliphatic imine (C=N–C) groups is 1. The SMILES string of the molecule is CCNC(=NCc1ccccn1)NCCS(=O)(=O)c1ccccc1.I. The number of guanidine groups is 1. The van der Waals surface area contributed by atoms with Crippen molar-refractivity contribution in [1.29, 1.82) is 0 Å². The number of hydrogen-bond donors (Lipinski definition) is 2. The van der Waals surface area contributed by atoms with Crippen LogP contribution in [0.15, 0.2) is 64.6 Å². The van der Waals surface area contributed by atoms with E-state index in [0.717, 1.165) is 5.69 Å². The highest BCUT2D eigenvalue weighted by atomic mass is 127. The summed E-state index contributed by atoms with van der Waals surface area (Å²) in [6.45, 7) is 3.37. The summed E-state index contributed by atoms with van der Waals surface area (Å²) < 4.78 is 24.5. The standard InChI is InChI=1S/C17H22N4O2S.HI/c1-2-18-17(21-14-15-8-6-7-11-19-15)20-12-13-24(22,23)16-9-4-3-5-10-16;/h3-11H,2,12-14H2,1H3,(H2,18,20,21);1H. The third-order valence-corrected chi connectivity index (χ3v) is 4.97. The van der Waals surface area contributed by atoms with E-state index in [0.29, 0.717) is 23.9 Å². The number of nitrogens with zero attached hydrogens (tertiary/aromatic N) is 2. The Kier molecular flexibility index (Phi) is 9.43. The van der Waals surface area contributed by atoms with Gasteiger partial charge in [0.15, 0.2) is 15.8 Å². The van der Waals surface area contributed by atoms with Crippen LogP contribution in [0.4, 0.5) is 0 Å². The Balaban J connectivity index is 0.00000312. The van der Waals surface area contributed by atoms with Crippen molar-refractivity contribution < 1.29 is 8.42 Å². The van der Waals surface area contributed by atoms with E-state index in [4.69, 9.17) is 0 Å². The molecule has 0 radical (unpaired) electrons. The monoisotopic (exact) mass is 474 g/mol. The summed E-state index contributed by atoms with van der Waals surface area (Å²) in [7, 11) is -3.30. The third-order valence-electron chi connectivity index (χ3n) is 3.24. The molecule has 25 heavy (non-hydrogen) atoms. The number of sulfone groups is 1. The fraction of sp³-hybridized carbons (Fsp3) is 0.294. The van der Waals surface area contributed by atoms with Gasteiger partial charge in [-0.3, -0.25) is 4.98 Å². The lowest BCUT2D eigenvalue weighted by molar-refractivity contribution is 0.594. The molecule has 0 saturated carbocycles. The zero-order chi connectivity index (χ0) is 17.3. The van der Waals surface area contributed by atoms with Gasteiger partial charge in [-0.1, -0.05) is 24.3 Å². The molecule has 1 aromatic carbocycles. The molecule has 0 bridgehead atoms. The second-order valence-electron chi connectivity index (χ2n) is 5.07. The molecule has 0 aliphatic carbocycles. The van der Waals surface area contributed by atoms with Crippen LogP contribution in [0.2, 0.25) is 0 Å². The van der Waals surface area contributed by atoms with Crippen LogP contribution in [0.3, 0.4) is 0 Å². The van der Waals surface area contributed by atoms with E-state index in [2.05, 4.69) is 20.6 Å². The molecule has 6 nitrogen and oxygen atoms in total. The van der Waals surface area contributed by atoms with E-state index in [1.165, 1.54) is 0 Å². The van der Waals surface area contributed by atoms with Gasteiger partial charge in [0.1, 0.15) is 0 Å². The molecular weight excluding hydrogens is 451 g/mol. The van der Waals surface area contributed by atoms with Crippen LogP contribution < -0.4 is 10.6 Å². The second-order valence-corrected chi connectivity index (χ2v) is 7.18. The Bertz CT molecular complexity index is 753. The molecule has 0 unspecified atom stereocenters. The molecule has 0 atom stereocenters. The molecule has 2 aromatic rings. The van der Waals surface area contributed by atoms with Crippen molar-refractivity contribution in [2.45, 2.75) is 18.4 Å². The predicted molar refractivity (Wildman–Crippen MR) is 111 cm³/mol. The Morgan fingerprint density at radius 1 is 1.08 bits per heavy atom. The smallest absolute Gasteiger partial charge is 0.191 e. The van der Waals surface area contributed by atoms with E-state index in [1.54, 1.807) is 36.5 Å². The molecule has 2 N–H and O–H groups in total. The maximum Gasteiger partial charge on any atom is 0.191 e. The first-order valence-corrected chi connectivity index (χ1v) is 9.47. The molecule has 0 saturated heterocycles. The van der Waals surface area contributed by atoms with Crippen LogP contribution in [-0.2, 0) is 16.4 Å². The summed E-state index contributed by atoms with van der Waals surface area (Å²) in [5, 5.41) is 6.14. The minimum Gasteiger partial charge on any atom is -0.357 e. The van der Waals surface area contributed by atoms with Gasteiger partial charge >= 0.3 is 0 Å². The van der Waals surface area contributed by atoms with Crippen molar-refractivity contribution >= 4 is 39.8 Å². The number of rotatable bonds is 7. The van der Waals surface area contributed by atoms with Crippen molar-refractivity contribution in [1.82, 2.24) is 15.6 Å². The molecule has 0 aliphatic rings. The first-order valence-electron chi connectivity index (χ1n) is 7.81. The van der Waals surface area contributed by atoms with Gasteiger partial charge in [0, 0.05) is 19.3 Å². The van der Waals surface area contributed by atoms with Gasteiger partial charge in [0.2, 0.25) is 0 Å². The fourth-order valence-electron chi connectivity index (χ4n) is 2.04. The normalized spacial score (nSPS) is 11.5. The Morgan fingerprint density at radius 2 is 1.80 bits per heavy atom. The summed E-state index contributed by atoms with van der Waals surface area (Å²) in [6.07, 6.45) is 1.72. The minimum atomic E-state index is -3.30. The summed E-state index contributed by atoms with van der Waals surface area (Å²) >= 11 is 0. The molecule has 0 fully saturated rings. The van der Waals surface area contributed by atoms with Gasteiger partial charge in [0.05, 0.1) is 22.9 Å². The van der Waals surface area contributed by atoms with Gasteiger partial charge in [-0.05, 0) is 31.2 Å². The first-order chi connectivity index (χ1) is 11.6. The molecule has 0 aliphatic heterocycles. The highest BCUT2D eigenvalue weighted by molar-refractivity contribution is 14.0. The number of pyridine rings is 1. The van der Waals surface area contributed by atoms with E-state index in [1.807, 2.05) is 25.1 Å². The van der Waals surface area contributed by atoms with Crippen molar-refractivity contribution in [3.8, 4) is 0 Å². The minimum absolute atomic E-state index is 0. The molecule has 136 valence electrons. The van der Waals surface area contributed by atoms with Crippen molar-refractivity contribution in [3.05, 3.63) is 60.4 Å². The average molecular weight is 474 g/mol. The van der Waals surface area contributed by atoms with Gasteiger partial charge in [0.25, 0.3) is 0 Å². The summed E-state index contributed by atoms with van der Waals surface area (Å²) in [5.74, 6) is 0.580. The van der Waals surface area contributed by atoms with Crippen molar-refractivity contribution in [2.24, 2.45) is 4.99 Å². The Hall–Kier alpha value is -1.68. The molecule has 1 heterocycles. The lowest BCUT2D eigenvalue weighted by atomic mass is 10.3. The largest absolute Gasteiger partial charge is 0.357 e. The zero-order valence-corrected chi connectivity index (χ0v) is 17.2. The van der Waals surface area contributed by atoms with Crippen molar-refractivity contribution in [2.75, 3.05) is 18.8 Å². The van der Waals surface area contributed by atoms with Gasteiger partial charge < -0.3 is 10.6 Å². The highest BCUT2D eigenvalue weighted by Gasteiger charge is 2.13. The van der Waals surface area contributed by atoms with Crippen LogP contribution in [-0.4, -0.2) is 38.2 Å². The topological polar surface area (TPSA) is 83.4 Å². The maximum absolute atomic E-state index is 12.2. The van der Waals surface area contributed by atoms with E-state index in [-0.39, 0.29) is 36.3 Å². The van der Waals surface area contributed by atoms with Crippen LogP contribution in [0.1, 0.15) is 12.6 Å². The average Bonchev–Trinajstić information content (AvgIpc) is 2.61. The van der Waals surface area contributed by atoms with Crippen LogP contribution in [0, 0.1) is 0 Å². The summed E-state index contributed by atoms with van der Waals surface area (Å²) in [4.78, 5) is 8.96. The predicted octanol–water partition coefficient (Wildman–Crippen LogP) is 2.23. The first kappa shape index (κ1) is 21.4. The summed E-state index contributed by atoms with van der Waals surface area (Å²) in [5.41, 5.74) is 0.853. The molecule has 8 heteroatoms. The van der Waals surface area contributed by atoms with Gasteiger partial charge in [-0.2, -0.15) is 0 Å². The van der Waals surface area contributed by atoms with Gasteiger partial charge in [-0.25, -0.2) is 13.4 Å². The fourth-order valence-corrected chi connectivity index (χ4v) is 3.22.